The molecule has 0 saturated heterocycles. The van der Waals surface area contributed by atoms with Gasteiger partial charge in [0.05, 0.1) is 24.9 Å². The summed E-state index contributed by atoms with van der Waals surface area (Å²) >= 11 is 0. The third-order valence-corrected chi connectivity index (χ3v) is 3.85. The van der Waals surface area contributed by atoms with Crippen molar-refractivity contribution < 1.29 is 9.53 Å². The number of rotatable bonds is 7. The highest BCUT2D eigenvalue weighted by Gasteiger charge is 2.07. The molecule has 128 valence electrons. The number of methoxy groups -OCH3 is 1. The Bertz CT molecular complexity index is 810. The van der Waals surface area contributed by atoms with Gasteiger partial charge in [-0.25, -0.2) is 4.68 Å². The maximum absolute atomic E-state index is 12.1. The maximum Gasteiger partial charge on any atom is 0.224 e. The van der Waals surface area contributed by atoms with Gasteiger partial charge in [0.2, 0.25) is 5.91 Å². The second kappa shape index (κ2) is 8.26. The number of para-hydroxylation sites is 1. The van der Waals surface area contributed by atoms with Gasteiger partial charge in [0.15, 0.2) is 0 Å². The fraction of sp³-hybridized carbons (Fsp3) is 0.200. The van der Waals surface area contributed by atoms with Crippen molar-refractivity contribution in [1.29, 1.82) is 0 Å². The second-order valence-corrected chi connectivity index (χ2v) is 5.83. The zero-order valence-electron chi connectivity index (χ0n) is 14.2. The van der Waals surface area contributed by atoms with Crippen molar-refractivity contribution in [2.24, 2.45) is 0 Å². The monoisotopic (exact) mass is 335 g/mol. The van der Waals surface area contributed by atoms with Crippen molar-refractivity contribution in [3.63, 3.8) is 0 Å². The van der Waals surface area contributed by atoms with E-state index in [-0.39, 0.29) is 5.91 Å². The third kappa shape index (κ3) is 4.78. The SMILES string of the molecule is COCc1ccc(CNC(=O)Cc2cnn(-c3ccccc3)c2)cc1. The molecule has 3 rings (SSSR count). The van der Waals surface area contributed by atoms with Crippen LogP contribution in [-0.2, 0) is 29.1 Å². The van der Waals surface area contributed by atoms with Gasteiger partial charge in [-0.3, -0.25) is 4.79 Å². The van der Waals surface area contributed by atoms with Crippen LogP contribution < -0.4 is 5.32 Å². The molecule has 5 heteroatoms. The van der Waals surface area contributed by atoms with Gasteiger partial charge >= 0.3 is 0 Å². The first-order valence-corrected chi connectivity index (χ1v) is 8.17. The van der Waals surface area contributed by atoms with E-state index in [0.29, 0.717) is 19.6 Å². The Morgan fingerprint density at radius 1 is 1.04 bits per heavy atom. The molecule has 0 aliphatic heterocycles. The minimum Gasteiger partial charge on any atom is -0.380 e. The van der Waals surface area contributed by atoms with Gasteiger partial charge in [0.1, 0.15) is 0 Å². The van der Waals surface area contributed by atoms with Gasteiger partial charge in [0, 0.05) is 19.9 Å². The van der Waals surface area contributed by atoms with Crippen LogP contribution in [0.4, 0.5) is 0 Å². The first kappa shape index (κ1) is 16.9. The van der Waals surface area contributed by atoms with E-state index < -0.39 is 0 Å². The Balaban J connectivity index is 1.52. The lowest BCUT2D eigenvalue weighted by Gasteiger charge is -2.06. The van der Waals surface area contributed by atoms with Crippen molar-refractivity contribution in [3.8, 4) is 5.69 Å². The summed E-state index contributed by atoms with van der Waals surface area (Å²) in [5.74, 6) is -0.0198. The molecule has 0 aliphatic carbocycles. The number of amides is 1. The Hall–Kier alpha value is -2.92. The highest BCUT2D eigenvalue weighted by Crippen LogP contribution is 2.09. The standard InChI is InChI=1S/C20H21N3O2/c1-25-15-17-9-7-16(8-10-17)12-21-20(24)11-18-13-22-23(14-18)19-5-3-2-4-6-19/h2-10,13-14H,11-12,15H2,1H3,(H,21,24). The zero-order chi connectivity index (χ0) is 17.5. The summed E-state index contributed by atoms with van der Waals surface area (Å²) in [6.45, 7) is 1.11. The van der Waals surface area contributed by atoms with Crippen molar-refractivity contribution in [2.75, 3.05) is 7.11 Å². The Morgan fingerprint density at radius 3 is 2.48 bits per heavy atom. The third-order valence-electron chi connectivity index (χ3n) is 3.85. The first-order chi connectivity index (χ1) is 12.2. The number of hydrogen-bond acceptors (Lipinski definition) is 3. The molecule has 1 amide bonds. The molecule has 0 aliphatic rings. The number of benzene rings is 2. The summed E-state index contributed by atoms with van der Waals surface area (Å²) in [7, 11) is 1.67. The number of aromatic nitrogens is 2. The molecule has 25 heavy (non-hydrogen) atoms. The van der Waals surface area contributed by atoms with E-state index in [4.69, 9.17) is 4.74 Å². The molecule has 1 heterocycles. The molecule has 0 radical (unpaired) electrons. The van der Waals surface area contributed by atoms with Crippen LogP contribution in [0.1, 0.15) is 16.7 Å². The molecule has 0 unspecified atom stereocenters. The fourth-order valence-corrected chi connectivity index (χ4v) is 2.54. The van der Waals surface area contributed by atoms with Crippen LogP contribution in [0.3, 0.4) is 0 Å². The van der Waals surface area contributed by atoms with Crippen molar-refractivity contribution in [1.82, 2.24) is 15.1 Å². The summed E-state index contributed by atoms with van der Waals surface area (Å²) in [4.78, 5) is 12.1. The second-order valence-electron chi connectivity index (χ2n) is 5.83. The van der Waals surface area contributed by atoms with Crippen molar-refractivity contribution >= 4 is 5.91 Å². The summed E-state index contributed by atoms with van der Waals surface area (Å²) < 4.78 is 6.86. The number of nitrogens with one attached hydrogen (secondary N) is 1. The molecule has 0 atom stereocenters. The van der Waals surface area contributed by atoms with Gasteiger partial charge in [-0.1, -0.05) is 42.5 Å². The number of hydrogen-bond donors (Lipinski definition) is 1. The van der Waals surface area contributed by atoms with E-state index in [9.17, 15) is 4.79 Å². The summed E-state index contributed by atoms with van der Waals surface area (Å²) in [5.41, 5.74) is 4.04. The Labute approximate surface area is 147 Å². The average Bonchev–Trinajstić information content (AvgIpc) is 3.11. The minimum atomic E-state index is -0.0198. The van der Waals surface area contributed by atoms with E-state index >= 15 is 0 Å². The lowest BCUT2D eigenvalue weighted by Crippen LogP contribution is -2.24. The van der Waals surface area contributed by atoms with E-state index in [2.05, 4.69) is 10.4 Å². The molecular weight excluding hydrogens is 314 g/mol. The molecule has 1 N–H and O–H groups in total. The smallest absolute Gasteiger partial charge is 0.224 e. The van der Waals surface area contributed by atoms with Crippen LogP contribution >= 0.6 is 0 Å². The lowest BCUT2D eigenvalue weighted by atomic mass is 10.1. The van der Waals surface area contributed by atoms with Crippen LogP contribution in [0, 0.1) is 0 Å². The topological polar surface area (TPSA) is 56.1 Å². The predicted molar refractivity (Wildman–Crippen MR) is 96.3 cm³/mol. The molecule has 3 aromatic rings. The molecule has 5 nitrogen and oxygen atoms in total. The molecule has 0 spiro atoms. The van der Waals surface area contributed by atoms with Gasteiger partial charge in [-0.15, -0.1) is 0 Å². The zero-order valence-corrected chi connectivity index (χ0v) is 14.2. The summed E-state index contributed by atoms with van der Waals surface area (Å²) in [5, 5.41) is 7.25. The van der Waals surface area contributed by atoms with Crippen molar-refractivity contribution in [2.45, 2.75) is 19.6 Å². The van der Waals surface area contributed by atoms with Crippen LogP contribution in [0.5, 0.6) is 0 Å². The minimum absolute atomic E-state index is 0.0198. The molecular formula is C20H21N3O2. The summed E-state index contributed by atoms with van der Waals surface area (Å²) in [6.07, 6.45) is 3.93. The van der Waals surface area contributed by atoms with Gasteiger partial charge in [-0.2, -0.15) is 5.10 Å². The van der Waals surface area contributed by atoms with Gasteiger partial charge < -0.3 is 10.1 Å². The van der Waals surface area contributed by atoms with Crippen LogP contribution in [-0.4, -0.2) is 22.8 Å². The maximum atomic E-state index is 12.1. The molecule has 2 aromatic carbocycles. The first-order valence-electron chi connectivity index (χ1n) is 8.17. The Morgan fingerprint density at radius 2 is 1.76 bits per heavy atom. The average molecular weight is 335 g/mol. The normalized spacial score (nSPS) is 10.6. The molecule has 0 fully saturated rings. The predicted octanol–water partition coefficient (Wildman–Crippen LogP) is 2.88. The number of nitrogens with zero attached hydrogens (tertiary/aromatic N) is 2. The number of ether oxygens (including phenoxy) is 1. The fourth-order valence-electron chi connectivity index (χ4n) is 2.54. The van der Waals surface area contributed by atoms with Crippen LogP contribution in [0.2, 0.25) is 0 Å². The van der Waals surface area contributed by atoms with Crippen molar-refractivity contribution in [3.05, 3.63) is 83.7 Å². The van der Waals surface area contributed by atoms with Gasteiger partial charge in [-0.05, 0) is 28.8 Å². The van der Waals surface area contributed by atoms with E-state index in [1.54, 1.807) is 18.0 Å². The molecule has 0 saturated carbocycles. The van der Waals surface area contributed by atoms with Gasteiger partial charge in [0.25, 0.3) is 0 Å². The van der Waals surface area contributed by atoms with E-state index in [0.717, 1.165) is 22.4 Å². The van der Waals surface area contributed by atoms with E-state index in [1.807, 2.05) is 60.8 Å². The highest BCUT2D eigenvalue weighted by atomic mass is 16.5. The van der Waals surface area contributed by atoms with Crippen LogP contribution in [0.25, 0.3) is 5.69 Å². The quantitative estimate of drug-likeness (QED) is 0.722. The van der Waals surface area contributed by atoms with Crippen LogP contribution in [0.15, 0.2) is 67.0 Å². The molecule has 1 aromatic heterocycles. The largest absolute Gasteiger partial charge is 0.380 e. The lowest BCUT2D eigenvalue weighted by molar-refractivity contribution is -0.120. The summed E-state index contributed by atoms with van der Waals surface area (Å²) in [6, 6.07) is 17.9. The highest BCUT2D eigenvalue weighted by molar-refractivity contribution is 5.78. The number of carbonyl (C=O) groups is 1. The Kier molecular flexibility index (Phi) is 5.59. The molecule has 0 bridgehead atoms. The number of carbonyl (C=O) groups excluding carboxylic acids is 1. The van der Waals surface area contributed by atoms with E-state index in [1.165, 1.54) is 0 Å².